The molecule has 2 aliphatic rings. The molecule has 160 valence electrons. The van der Waals surface area contributed by atoms with Gasteiger partial charge in [0, 0.05) is 31.5 Å². The molecule has 0 radical (unpaired) electrons. The predicted molar refractivity (Wildman–Crippen MR) is 111 cm³/mol. The van der Waals surface area contributed by atoms with Crippen LogP contribution in [0.2, 0.25) is 0 Å². The van der Waals surface area contributed by atoms with Gasteiger partial charge >= 0.3 is 0 Å². The third-order valence-corrected chi connectivity index (χ3v) is 5.12. The van der Waals surface area contributed by atoms with Crippen molar-refractivity contribution in [1.29, 1.82) is 0 Å². The highest BCUT2D eigenvalue weighted by Gasteiger charge is 2.30. The SMILES string of the molecule is COc1ccc(CNCC2=NO[C@H](Cc3cc(OC)c4c(c3OC)OCO4)C2)cc1. The zero-order chi connectivity index (χ0) is 20.9. The monoisotopic (exact) mass is 414 g/mol. The van der Waals surface area contributed by atoms with E-state index in [9.17, 15) is 0 Å². The Labute approximate surface area is 175 Å². The number of methoxy groups -OCH3 is 3. The summed E-state index contributed by atoms with van der Waals surface area (Å²) < 4.78 is 27.3. The molecule has 0 fully saturated rings. The van der Waals surface area contributed by atoms with Gasteiger partial charge in [0.1, 0.15) is 11.9 Å². The summed E-state index contributed by atoms with van der Waals surface area (Å²) in [6.45, 7) is 1.57. The second kappa shape index (κ2) is 9.13. The van der Waals surface area contributed by atoms with Gasteiger partial charge in [-0.05, 0) is 23.8 Å². The highest BCUT2D eigenvalue weighted by molar-refractivity contribution is 5.87. The number of ether oxygens (including phenoxy) is 5. The standard InChI is InChI=1S/C22H26N2O6/c1-25-17-6-4-14(5-7-17)11-23-12-16-10-18(30-24-16)8-15-9-19(26-2)21-22(20(15)27-3)29-13-28-21/h4-7,9,18,23H,8,10-13H2,1-3H3/t18-/m1/s1. The topological polar surface area (TPSA) is 79.8 Å². The van der Waals surface area contributed by atoms with E-state index in [1.807, 2.05) is 30.3 Å². The van der Waals surface area contributed by atoms with Gasteiger partial charge in [0.05, 0.1) is 27.0 Å². The molecule has 1 N–H and O–H groups in total. The quantitative estimate of drug-likeness (QED) is 0.676. The average molecular weight is 414 g/mol. The van der Waals surface area contributed by atoms with Crippen LogP contribution in [0.3, 0.4) is 0 Å². The van der Waals surface area contributed by atoms with Crippen LogP contribution >= 0.6 is 0 Å². The first-order chi connectivity index (χ1) is 14.7. The molecule has 2 aromatic carbocycles. The molecule has 8 nitrogen and oxygen atoms in total. The van der Waals surface area contributed by atoms with E-state index in [-0.39, 0.29) is 12.9 Å². The minimum absolute atomic E-state index is 0.0678. The van der Waals surface area contributed by atoms with Gasteiger partial charge in [0.15, 0.2) is 11.5 Å². The number of oxime groups is 1. The summed E-state index contributed by atoms with van der Waals surface area (Å²) >= 11 is 0. The molecule has 0 aromatic heterocycles. The first-order valence-electron chi connectivity index (χ1n) is 9.80. The number of nitrogens with one attached hydrogen (secondary N) is 1. The summed E-state index contributed by atoms with van der Waals surface area (Å²) in [7, 11) is 4.89. The summed E-state index contributed by atoms with van der Waals surface area (Å²) in [5, 5.41) is 7.66. The Morgan fingerprint density at radius 1 is 1.00 bits per heavy atom. The maximum atomic E-state index is 5.66. The summed E-state index contributed by atoms with van der Waals surface area (Å²) in [5.74, 6) is 3.28. The van der Waals surface area contributed by atoms with Crippen LogP contribution in [0.1, 0.15) is 17.5 Å². The largest absolute Gasteiger partial charge is 0.497 e. The van der Waals surface area contributed by atoms with Crippen molar-refractivity contribution >= 4 is 5.71 Å². The van der Waals surface area contributed by atoms with Crippen LogP contribution in [0.25, 0.3) is 0 Å². The summed E-state index contributed by atoms with van der Waals surface area (Å²) in [6, 6.07) is 9.91. The number of rotatable bonds is 9. The van der Waals surface area contributed by atoms with E-state index < -0.39 is 0 Å². The smallest absolute Gasteiger partial charge is 0.231 e. The lowest BCUT2D eigenvalue weighted by molar-refractivity contribution is 0.0853. The fraction of sp³-hybridized carbons (Fsp3) is 0.409. The van der Waals surface area contributed by atoms with Crippen molar-refractivity contribution < 1.29 is 28.5 Å². The Balaban J connectivity index is 1.32. The van der Waals surface area contributed by atoms with Crippen LogP contribution in [0.4, 0.5) is 0 Å². The van der Waals surface area contributed by atoms with Crippen molar-refractivity contribution in [2.24, 2.45) is 5.16 Å². The lowest BCUT2D eigenvalue weighted by Crippen LogP contribution is -2.23. The van der Waals surface area contributed by atoms with Crippen molar-refractivity contribution in [3.63, 3.8) is 0 Å². The van der Waals surface area contributed by atoms with Crippen LogP contribution in [-0.2, 0) is 17.8 Å². The Hall–Kier alpha value is -3.13. The van der Waals surface area contributed by atoms with Crippen LogP contribution in [0.5, 0.6) is 28.7 Å². The fourth-order valence-electron chi connectivity index (χ4n) is 3.63. The van der Waals surface area contributed by atoms with E-state index in [0.717, 1.165) is 30.0 Å². The van der Waals surface area contributed by atoms with Gasteiger partial charge in [-0.3, -0.25) is 0 Å². The van der Waals surface area contributed by atoms with Crippen molar-refractivity contribution in [2.75, 3.05) is 34.7 Å². The number of benzene rings is 2. The Morgan fingerprint density at radius 3 is 2.53 bits per heavy atom. The van der Waals surface area contributed by atoms with Crippen molar-refractivity contribution in [3.8, 4) is 28.7 Å². The molecule has 2 aliphatic heterocycles. The van der Waals surface area contributed by atoms with Crippen molar-refractivity contribution in [2.45, 2.75) is 25.5 Å². The van der Waals surface area contributed by atoms with E-state index in [1.54, 1.807) is 21.3 Å². The fourth-order valence-corrected chi connectivity index (χ4v) is 3.63. The van der Waals surface area contributed by atoms with Crippen molar-refractivity contribution in [1.82, 2.24) is 5.32 Å². The first-order valence-corrected chi connectivity index (χ1v) is 9.80. The van der Waals surface area contributed by atoms with Gasteiger partial charge in [-0.1, -0.05) is 17.3 Å². The van der Waals surface area contributed by atoms with Crippen LogP contribution in [0, 0.1) is 0 Å². The number of hydrogen-bond donors (Lipinski definition) is 1. The molecule has 0 unspecified atom stereocenters. The van der Waals surface area contributed by atoms with Gasteiger partial charge in [0.2, 0.25) is 18.3 Å². The molecule has 8 heteroatoms. The van der Waals surface area contributed by atoms with E-state index in [2.05, 4.69) is 10.5 Å². The molecule has 0 bridgehead atoms. The summed E-state index contributed by atoms with van der Waals surface area (Å²) in [4.78, 5) is 5.66. The van der Waals surface area contributed by atoms with Gasteiger partial charge in [0.25, 0.3) is 0 Å². The molecular weight excluding hydrogens is 388 g/mol. The van der Waals surface area contributed by atoms with Crippen LogP contribution in [0.15, 0.2) is 35.5 Å². The first kappa shape index (κ1) is 20.2. The molecule has 0 saturated carbocycles. The maximum absolute atomic E-state index is 5.66. The molecule has 0 saturated heterocycles. The number of nitrogens with zero attached hydrogens (tertiary/aromatic N) is 1. The maximum Gasteiger partial charge on any atom is 0.231 e. The van der Waals surface area contributed by atoms with Gasteiger partial charge in [-0.25, -0.2) is 0 Å². The second-order valence-corrected chi connectivity index (χ2v) is 7.08. The molecule has 2 aromatic rings. The minimum Gasteiger partial charge on any atom is -0.497 e. The van der Waals surface area contributed by atoms with E-state index in [1.165, 1.54) is 5.56 Å². The van der Waals surface area contributed by atoms with Crippen molar-refractivity contribution in [3.05, 3.63) is 41.5 Å². The minimum atomic E-state index is -0.0678. The Morgan fingerprint density at radius 2 is 1.80 bits per heavy atom. The van der Waals surface area contributed by atoms with E-state index >= 15 is 0 Å². The zero-order valence-electron chi connectivity index (χ0n) is 17.4. The lowest BCUT2D eigenvalue weighted by atomic mass is 10.0. The zero-order valence-corrected chi connectivity index (χ0v) is 17.4. The Kier molecular flexibility index (Phi) is 6.13. The van der Waals surface area contributed by atoms with Crippen LogP contribution < -0.4 is 29.0 Å². The normalized spacial score (nSPS) is 16.8. The summed E-state index contributed by atoms with van der Waals surface area (Å²) in [6.07, 6.45) is 1.30. The molecule has 2 heterocycles. The van der Waals surface area contributed by atoms with E-state index in [4.69, 9.17) is 28.5 Å². The molecule has 0 spiro atoms. The molecule has 1 atom stereocenters. The molecule has 4 rings (SSSR count). The number of hydrogen-bond acceptors (Lipinski definition) is 8. The lowest BCUT2D eigenvalue weighted by Gasteiger charge is -2.15. The van der Waals surface area contributed by atoms with Gasteiger partial charge < -0.3 is 33.8 Å². The average Bonchev–Trinajstić information content (AvgIpc) is 3.43. The molecule has 30 heavy (non-hydrogen) atoms. The number of fused-ring (bicyclic) bond motifs is 1. The highest BCUT2D eigenvalue weighted by atomic mass is 16.7. The molecular formula is C22H26N2O6. The van der Waals surface area contributed by atoms with Gasteiger partial charge in [-0.15, -0.1) is 0 Å². The van der Waals surface area contributed by atoms with Crippen LogP contribution in [-0.4, -0.2) is 46.5 Å². The molecule has 0 amide bonds. The summed E-state index contributed by atoms with van der Waals surface area (Å²) in [5.41, 5.74) is 3.11. The van der Waals surface area contributed by atoms with Gasteiger partial charge in [-0.2, -0.15) is 0 Å². The second-order valence-electron chi connectivity index (χ2n) is 7.08. The predicted octanol–water partition coefficient (Wildman–Crippen LogP) is 2.92. The Bertz CT molecular complexity index is 913. The third kappa shape index (κ3) is 4.23. The highest BCUT2D eigenvalue weighted by Crippen LogP contribution is 2.49. The third-order valence-electron chi connectivity index (χ3n) is 5.12. The molecule has 0 aliphatic carbocycles. The van der Waals surface area contributed by atoms with E-state index in [0.29, 0.717) is 36.0 Å².